The lowest BCUT2D eigenvalue weighted by atomic mass is 10.1. The summed E-state index contributed by atoms with van der Waals surface area (Å²) in [6.45, 7) is 0.123. The van der Waals surface area contributed by atoms with Gasteiger partial charge in [0.15, 0.2) is 16.7 Å². The molecule has 6 nitrogen and oxygen atoms in total. The van der Waals surface area contributed by atoms with E-state index >= 15 is 0 Å². The van der Waals surface area contributed by atoms with Crippen molar-refractivity contribution >= 4 is 46.2 Å². The van der Waals surface area contributed by atoms with Gasteiger partial charge >= 0.3 is 0 Å². The number of methoxy groups -OCH3 is 2. The molecule has 1 fully saturated rings. The molecule has 1 heterocycles. The number of carbonyl (C=O) groups is 1. The molecule has 0 aromatic heterocycles. The summed E-state index contributed by atoms with van der Waals surface area (Å²) in [5.74, 6) is 0.844. The quantitative estimate of drug-likeness (QED) is 0.407. The minimum atomic E-state index is -0.344. The molecule has 0 unspecified atom stereocenters. The van der Waals surface area contributed by atoms with Gasteiger partial charge in [-0.05, 0) is 77.5 Å². The molecule has 1 saturated heterocycles. The number of hydrogen-bond donors (Lipinski definition) is 1. The van der Waals surface area contributed by atoms with Crippen LogP contribution in [-0.4, -0.2) is 25.3 Å². The standard InChI is InChI=1S/C25H20ClFN2O4S/c1-31-19-8-6-18(7-9-19)28-25-29-24(30)22(34-25)13-16-11-20(26)23(21(12-16)32-2)33-14-15-4-3-5-17(27)10-15/h3-13H,14H2,1-2H3,(H,28,29,30)/b22-13+. The van der Waals surface area contributed by atoms with Gasteiger partial charge in [-0.25, -0.2) is 9.38 Å². The minimum absolute atomic E-state index is 0.123. The monoisotopic (exact) mass is 498 g/mol. The van der Waals surface area contributed by atoms with Crippen molar-refractivity contribution in [2.45, 2.75) is 6.61 Å². The van der Waals surface area contributed by atoms with E-state index in [0.29, 0.717) is 43.4 Å². The van der Waals surface area contributed by atoms with E-state index in [2.05, 4.69) is 10.3 Å². The lowest BCUT2D eigenvalue weighted by Gasteiger charge is -2.13. The first-order valence-electron chi connectivity index (χ1n) is 10.1. The van der Waals surface area contributed by atoms with Crippen LogP contribution >= 0.6 is 23.4 Å². The molecule has 0 radical (unpaired) electrons. The molecule has 1 N–H and O–H groups in total. The zero-order valence-electron chi connectivity index (χ0n) is 18.3. The predicted octanol–water partition coefficient (Wildman–Crippen LogP) is 5.97. The van der Waals surface area contributed by atoms with Crippen molar-refractivity contribution in [3.05, 3.63) is 87.5 Å². The van der Waals surface area contributed by atoms with E-state index in [9.17, 15) is 9.18 Å². The van der Waals surface area contributed by atoms with Gasteiger partial charge < -0.3 is 19.5 Å². The lowest BCUT2D eigenvalue weighted by Crippen LogP contribution is -2.19. The van der Waals surface area contributed by atoms with Crippen molar-refractivity contribution in [1.82, 2.24) is 5.32 Å². The Bertz CT molecular complexity index is 1280. The number of hydrogen-bond acceptors (Lipinski definition) is 6. The van der Waals surface area contributed by atoms with E-state index in [0.717, 1.165) is 5.75 Å². The number of halogens is 2. The van der Waals surface area contributed by atoms with E-state index in [4.69, 9.17) is 25.8 Å². The normalized spacial score (nSPS) is 15.5. The Morgan fingerprint density at radius 3 is 2.59 bits per heavy atom. The second kappa shape index (κ2) is 10.6. The third kappa shape index (κ3) is 5.70. The highest BCUT2D eigenvalue weighted by Crippen LogP contribution is 2.38. The first-order valence-corrected chi connectivity index (χ1v) is 11.3. The Labute approximate surface area is 205 Å². The Kier molecular flexibility index (Phi) is 7.40. The fourth-order valence-corrected chi connectivity index (χ4v) is 4.27. The van der Waals surface area contributed by atoms with E-state index < -0.39 is 0 Å². The fourth-order valence-electron chi connectivity index (χ4n) is 3.15. The Hall–Kier alpha value is -3.49. The van der Waals surface area contributed by atoms with E-state index in [1.54, 1.807) is 61.7 Å². The van der Waals surface area contributed by atoms with Crippen molar-refractivity contribution in [3.63, 3.8) is 0 Å². The van der Waals surface area contributed by atoms with Crippen LogP contribution in [-0.2, 0) is 11.4 Å². The number of thioether (sulfide) groups is 1. The number of benzene rings is 3. The molecule has 3 aromatic carbocycles. The highest BCUT2D eigenvalue weighted by atomic mass is 35.5. The van der Waals surface area contributed by atoms with Crippen LogP contribution in [0.4, 0.5) is 10.1 Å². The second-order valence-corrected chi connectivity index (χ2v) is 8.57. The topological polar surface area (TPSA) is 69.2 Å². The van der Waals surface area contributed by atoms with E-state index in [-0.39, 0.29) is 18.3 Å². The van der Waals surface area contributed by atoms with Gasteiger partial charge in [0.05, 0.1) is 29.8 Å². The second-order valence-electron chi connectivity index (χ2n) is 7.13. The molecular weight excluding hydrogens is 479 g/mol. The Balaban J connectivity index is 1.52. The average molecular weight is 499 g/mol. The molecular formula is C25H20ClFN2O4S. The van der Waals surface area contributed by atoms with E-state index in [1.807, 2.05) is 0 Å². The summed E-state index contributed by atoms with van der Waals surface area (Å²) in [4.78, 5) is 17.4. The maximum absolute atomic E-state index is 13.4. The number of aliphatic imine (C=N–C) groups is 1. The molecule has 1 amide bonds. The predicted molar refractivity (Wildman–Crippen MR) is 133 cm³/mol. The molecule has 1 aliphatic heterocycles. The van der Waals surface area contributed by atoms with Gasteiger partial charge in [0.25, 0.3) is 5.91 Å². The molecule has 4 rings (SSSR count). The summed E-state index contributed by atoms with van der Waals surface area (Å²) >= 11 is 7.66. The Morgan fingerprint density at radius 2 is 1.88 bits per heavy atom. The van der Waals surface area contributed by atoms with Crippen LogP contribution in [0.1, 0.15) is 11.1 Å². The summed E-state index contributed by atoms with van der Waals surface area (Å²) in [5.41, 5.74) is 2.00. The smallest absolute Gasteiger partial charge is 0.264 e. The summed E-state index contributed by atoms with van der Waals surface area (Å²) in [5, 5.41) is 3.52. The lowest BCUT2D eigenvalue weighted by molar-refractivity contribution is -0.115. The molecule has 9 heteroatoms. The zero-order chi connectivity index (χ0) is 24.1. The SMILES string of the molecule is COc1ccc(N=C2NC(=O)/C(=C\c3cc(Cl)c(OCc4cccc(F)c4)c(OC)c3)S2)cc1. The average Bonchev–Trinajstić information content (AvgIpc) is 3.16. The van der Waals surface area contributed by atoms with Crippen molar-refractivity contribution in [2.75, 3.05) is 14.2 Å². The van der Waals surface area contributed by atoms with E-state index in [1.165, 1.54) is 31.0 Å². The summed E-state index contributed by atoms with van der Waals surface area (Å²) in [6.07, 6.45) is 1.70. The maximum atomic E-state index is 13.4. The fraction of sp³-hybridized carbons (Fsp3) is 0.120. The zero-order valence-corrected chi connectivity index (χ0v) is 19.9. The molecule has 1 aliphatic rings. The molecule has 3 aromatic rings. The van der Waals surface area contributed by atoms with Gasteiger partial charge in [0.2, 0.25) is 0 Å². The molecule has 0 saturated carbocycles. The third-order valence-corrected chi connectivity index (χ3v) is 5.97. The molecule has 0 aliphatic carbocycles. The van der Waals surface area contributed by atoms with Gasteiger partial charge in [0, 0.05) is 0 Å². The third-order valence-electron chi connectivity index (χ3n) is 4.78. The van der Waals surface area contributed by atoms with Crippen molar-refractivity contribution in [1.29, 1.82) is 0 Å². The van der Waals surface area contributed by atoms with Gasteiger partial charge in [-0.1, -0.05) is 23.7 Å². The van der Waals surface area contributed by atoms with Crippen LogP contribution in [0.15, 0.2) is 70.6 Å². The number of carbonyl (C=O) groups excluding carboxylic acids is 1. The minimum Gasteiger partial charge on any atom is -0.497 e. The summed E-state index contributed by atoms with van der Waals surface area (Å²) in [7, 11) is 3.09. The number of amidine groups is 1. The van der Waals surface area contributed by atoms with Crippen LogP contribution < -0.4 is 19.5 Å². The molecule has 0 bridgehead atoms. The number of nitrogens with zero attached hydrogens (tertiary/aromatic N) is 1. The number of rotatable bonds is 7. The highest BCUT2D eigenvalue weighted by Gasteiger charge is 2.24. The Morgan fingerprint density at radius 1 is 1.09 bits per heavy atom. The van der Waals surface area contributed by atoms with Crippen LogP contribution in [0, 0.1) is 5.82 Å². The molecule has 34 heavy (non-hydrogen) atoms. The molecule has 174 valence electrons. The van der Waals surface area contributed by atoms with Crippen molar-refractivity contribution in [3.8, 4) is 17.2 Å². The van der Waals surface area contributed by atoms with Crippen LogP contribution in [0.5, 0.6) is 17.2 Å². The number of ether oxygens (including phenoxy) is 3. The number of amides is 1. The van der Waals surface area contributed by atoms with Crippen LogP contribution in [0.2, 0.25) is 5.02 Å². The molecule has 0 atom stereocenters. The van der Waals surface area contributed by atoms with Crippen molar-refractivity contribution in [2.24, 2.45) is 4.99 Å². The maximum Gasteiger partial charge on any atom is 0.264 e. The van der Waals surface area contributed by atoms with Gasteiger partial charge in [0.1, 0.15) is 18.2 Å². The van der Waals surface area contributed by atoms with Crippen molar-refractivity contribution < 1.29 is 23.4 Å². The summed E-state index contributed by atoms with van der Waals surface area (Å²) in [6, 6.07) is 16.7. The molecule has 0 spiro atoms. The van der Waals surface area contributed by atoms with Gasteiger partial charge in [-0.2, -0.15) is 0 Å². The highest BCUT2D eigenvalue weighted by molar-refractivity contribution is 8.18. The summed E-state index contributed by atoms with van der Waals surface area (Å²) < 4.78 is 29.8. The van der Waals surface area contributed by atoms with Gasteiger partial charge in [-0.15, -0.1) is 0 Å². The van der Waals surface area contributed by atoms with Gasteiger partial charge in [-0.3, -0.25) is 4.79 Å². The largest absolute Gasteiger partial charge is 0.497 e. The van der Waals surface area contributed by atoms with Crippen LogP contribution in [0.25, 0.3) is 6.08 Å². The first-order chi connectivity index (χ1) is 16.4. The number of nitrogens with one attached hydrogen (secondary N) is 1. The van der Waals surface area contributed by atoms with Crippen LogP contribution in [0.3, 0.4) is 0 Å². The first kappa shape index (κ1) is 23.7.